The van der Waals surface area contributed by atoms with E-state index >= 15 is 0 Å². The average molecular weight is 530 g/mol. The summed E-state index contributed by atoms with van der Waals surface area (Å²) in [6.07, 6.45) is 1.78. The van der Waals surface area contributed by atoms with Crippen LogP contribution in [0.25, 0.3) is 0 Å². The van der Waals surface area contributed by atoms with E-state index in [1.54, 1.807) is 0 Å². The van der Waals surface area contributed by atoms with Crippen LogP contribution in [0.2, 0.25) is 0 Å². The Bertz CT molecular complexity index is 752. The van der Waals surface area contributed by atoms with Crippen LogP contribution in [0.4, 0.5) is 4.79 Å². The van der Waals surface area contributed by atoms with Crippen molar-refractivity contribution in [2.24, 2.45) is 5.92 Å². The van der Waals surface area contributed by atoms with Crippen LogP contribution in [0.3, 0.4) is 0 Å². The smallest absolute Gasteiger partial charge is 0.407 e. The van der Waals surface area contributed by atoms with Gasteiger partial charge in [-0.15, -0.1) is 0 Å². The van der Waals surface area contributed by atoms with Crippen molar-refractivity contribution in [3.8, 4) is 0 Å². The molecule has 0 radical (unpaired) electrons. The number of carbonyl (C=O) groups excluding carboxylic acids is 5. The molecule has 0 aromatic heterocycles. The minimum Gasteiger partial charge on any atom is -0.463 e. The lowest BCUT2D eigenvalue weighted by molar-refractivity contribution is -0.177. The predicted octanol–water partition coefficient (Wildman–Crippen LogP) is 3.63. The SMILES string of the molecule is C=C(C)C(=O)OCCNC(=O)OCCCCC(=O)OC(C)C(=O)OC(C)C(=O)OCC(CC)CCCC. The van der Waals surface area contributed by atoms with Crippen molar-refractivity contribution in [1.29, 1.82) is 0 Å². The monoisotopic (exact) mass is 529 g/mol. The number of nitrogens with one attached hydrogen (secondary N) is 1. The Morgan fingerprint density at radius 1 is 0.838 bits per heavy atom. The Kier molecular flexibility index (Phi) is 18.3. The topological polar surface area (TPSA) is 144 Å². The number of rotatable bonds is 19. The second-order valence-corrected chi connectivity index (χ2v) is 8.69. The third kappa shape index (κ3) is 17.1. The van der Waals surface area contributed by atoms with Crippen molar-refractivity contribution < 1.29 is 47.7 Å². The van der Waals surface area contributed by atoms with Crippen LogP contribution >= 0.6 is 0 Å². The van der Waals surface area contributed by atoms with Crippen molar-refractivity contribution in [3.63, 3.8) is 0 Å². The molecule has 0 spiro atoms. The van der Waals surface area contributed by atoms with Crippen molar-refractivity contribution in [3.05, 3.63) is 12.2 Å². The maximum Gasteiger partial charge on any atom is 0.407 e. The van der Waals surface area contributed by atoms with E-state index < -0.39 is 42.2 Å². The summed E-state index contributed by atoms with van der Waals surface area (Å²) in [7, 11) is 0. The molecule has 0 aliphatic carbocycles. The minimum atomic E-state index is -1.18. The first-order valence-electron chi connectivity index (χ1n) is 12.8. The fourth-order valence-electron chi connectivity index (χ4n) is 2.85. The molecule has 0 aliphatic rings. The van der Waals surface area contributed by atoms with Crippen LogP contribution in [0.15, 0.2) is 12.2 Å². The van der Waals surface area contributed by atoms with E-state index in [-0.39, 0.29) is 44.3 Å². The number of ether oxygens (including phenoxy) is 5. The van der Waals surface area contributed by atoms with Gasteiger partial charge in [0.05, 0.1) is 19.8 Å². The standard InChI is InChI=1S/C26H43NO10/c1-7-9-12-21(8-2)17-35-24(30)19(5)37-25(31)20(6)36-22(28)13-10-11-15-34-26(32)27-14-16-33-23(29)18(3)4/h19-21H,3,7-17H2,1-2,4-6H3,(H,27,32). The van der Waals surface area contributed by atoms with Crippen LogP contribution in [-0.4, -0.2) is 68.5 Å². The molecule has 1 amide bonds. The zero-order chi connectivity index (χ0) is 28.2. The molecular weight excluding hydrogens is 486 g/mol. The lowest BCUT2D eigenvalue weighted by Gasteiger charge is -2.19. The molecule has 0 aromatic rings. The van der Waals surface area contributed by atoms with E-state index in [0.717, 1.165) is 25.7 Å². The molecule has 3 unspecified atom stereocenters. The number of hydrogen-bond donors (Lipinski definition) is 1. The van der Waals surface area contributed by atoms with Gasteiger partial charge in [0.15, 0.2) is 12.2 Å². The zero-order valence-electron chi connectivity index (χ0n) is 22.8. The first-order chi connectivity index (χ1) is 17.5. The minimum absolute atomic E-state index is 0.00716. The fraction of sp³-hybridized carbons (Fsp3) is 0.731. The maximum absolute atomic E-state index is 12.2. The number of hydrogen-bond acceptors (Lipinski definition) is 10. The van der Waals surface area contributed by atoms with Crippen molar-refractivity contribution in [2.45, 2.75) is 91.8 Å². The van der Waals surface area contributed by atoms with Gasteiger partial charge < -0.3 is 29.0 Å². The van der Waals surface area contributed by atoms with Gasteiger partial charge in [-0.1, -0.05) is 39.7 Å². The Balaban J connectivity index is 4.04. The van der Waals surface area contributed by atoms with Gasteiger partial charge in [-0.3, -0.25) is 4.79 Å². The molecule has 1 N–H and O–H groups in total. The van der Waals surface area contributed by atoms with Crippen LogP contribution in [0, 0.1) is 5.92 Å². The van der Waals surface area contributed by atoms with Crippen LogP contribution in [0.5, 0.6) is 0 Å². The summed E-state index contributed by atoms with van der Waals surface area (Å²) < 4.78 is 25.2. The van der Waals surface area contributed by atoms with Gasteiger partial charge in [0, 0.05) is 12.0 Å². The van der Waals surface area contributed by atoms with Crippen LogP contribution in [-0.2, 0) is 42.9 Å². The molecule has 212 valence electrons. The summed E-state index contributed by atoms with van der Waals surface area (Å²) >= 11 is 0. The Morgan fingerprint density at radius 3 is 2.14 bits per heavy atom. The lowest BCUT2D eigenvalue weighted by atomic mass is 10.0. The lowest BCUT2D eigenvalue weighted by Crippen LogP contribution is -2.33. The second-order valence-electron chi connectivity index (χ2n) is 8.69. The zero-order valence-corrected chi connectivity index (χ0v) is 22.8. The van der Waals surface area contributed by atoms with Gasteiger partial charge >= 0.3 is 30.0 Å². The Hall–Kier alpha value is -3.11. The quantitative estimate of drug-likeness (QED) is 0.114. The summed E-state index contributed by atoms with van der Waals surface area (Å²) in [5, 5.41) is 2.42. The largest absolute Gasteiger partial charge is 0.463 e. The molecule has 0 bridgehead atoms. The van der Waals surface area contributed by atoms with Gasteiger partial charge in [0.1, 0.15) is 6.61 Å². The second kappa shape index (κ2) is 20.0. The van der Waals surface area contributed by atoms with Gasteiger partial charge in [-0.2, -0.15) is 0 Å². The summed E-state index contributed by atoms with van der Waals surface area (Å²) in [6.45, 7) is 12.3. The molecular formula is C26H43NO10. The molecule has 0 saturated heterocycles. The number of unbranched alkanes of at least 4 members (excludes halogenated alkanes) is 2. The number of alkyl carbamates (subject to hydrolysis) is 1. The summed E-state index contributed by atoms with van der Waals surface area (Å²) in [6, 6.07) is 0. The number of carbonyl (C=O) groups is 5. The fourth-order valence-corrected chi connectivity index (χ4v) is 2.85. The highest BCUT2D eigenvalue weighted by Crippen LogP contribution is 2.14. The van der Waals surface area contributed by atoms with Gasteiger partial charge in [-0.05, 0) is 46.0 Å². The summed E-state index contributed by atoms with van der Waals surface area (Å²) in [4.78, 5) is 59.0. The number of esters is 4. The van der Waals surface area contributed by atoms with E-state index in [4.69, 9.17) is 23.7 Å². The molecule has 0 aromatic carbocycles. The molecule has 0 heterocycles. The van der Waals surface area contributed by atoms with E-state index in [1.165, 1.54) is 20.8 Å². The van der Waals surface area contributed by atoms with Gasteiger partial charge in [-0.25, -0.2) is 19.2 Å². The number of amides is 1. The highest BCUT2D eigenvalue weighted by Gasteiger charge is 2.26. The van der Waals surface area contributed by atoms with Gasteiger partial charge in [0.2, 0.25) is 0 Å². The van der Waals surface area contributed by atoms with Crippen molar-refractivity contribution in [2.75, 3.05) is 26.4 Å². The van der Waals surface area contributed by atoms with E-state index in [1.807, 2.05) is 6.92 Å². The normalized spacial score (nSPS) is 12.9. The van der Waals surface area contributed by atoms with Crippen LogP contribution in [0.1, 0.15) is 79.6 Å². The molecule has 0 saturated carbocycles. The summed E-state index contributed by atoms with van der Waals surface area (Å²) in [5.74, 6) is -2.38. The third-order valence-electron chi connectivity index (χ3n) is 5.23. The molecule has 0 rings (SSSR count). The average Bonchev–Trinajstić information content (AvgIpc) is 2.85. The van der Waals surface area contributed by atoms with Crippen LogP contribution < -0.4 is 5.32 Å². The molecule has 11 heteroatoms. The Morgan fingerprint density at radius 2 is 1.51 bits per heavy atom. The molecule has 0 fully saturated rings. The van der Waals surface area contributed by atoms with Crippen molar-refractivity contribution >= 4 is 30.0 Å². The van der Waals surface area contributed by atoms with E-state index in [9.17, 15) is 24.0 Å². The predicted molar refractivity (Wildman–Crippen MR) is 134 cm³/mol. The molecule has 11 nitrogen and oxygen atoms in total. The first kappa shape index (κ1) is 33.9. The highest BCUT2D eigenvalue weighted by molar-refractivity contribution is 5.87. The van der Waals surface area contributed by atoms with E-state index in [0.29, 0.717) is 12.8 Å². The maximum atomic E-state index is 12.2. The Labute approximate surface area is 219 Å². The first-order valence-corrected chi connectivity index (χ1v) is 12.8. The third-order valence-corrected chi connectivity index (χ3v) is 5.23. The van der Waals surface area contributed by atoms with E-state index in [2.05, 4.69) is 18.8 Å². The van der Waals surface area contributed by atoms with Gasteiger partial charge in [0.25, 0.3) is 0 Å². The molecule has 3 atom stereocenters. The molecule has 0 aliphatic heterocycles. The highest BCUT2D eigenvalue weighted by atomic mass is 16.6. The van der Waals surface area contributed by atoms with Crippen molar-refractivity contribution in [1.82, 2.24) is 5.32 Å². The summed E-state index contributed by atoms with van der Waals surface area (Å²) in [5.41, 5.74) is 0.264. The molecule has 37 heavy (non-hydrogen) atoms.